The summed E-state index contributed by atoms with van der Waals surface area (Å²) in [5, 5.41) is 6.81. The largest absolute Gasteiger partial charge is 0.454 e. The van der Waals surface area contributed by atoms with Gasteiger partial charge in [0.2, 0.25) is 0 Å². The minimum absolute atomic E-state index is 0.613. The summed E-state index contributed by atoms with van der Waals surface area (Å²) in [4.78, 5) is 15.0. The first-order chi connectivity index (χ1) is 23.8. The van der Waals surface area contributed by atoms with Crippen molar-refractivity contribution < 1.29 is 4.42 Å². The van der Waals surface area contributed by atoms with E-state index in [9.17, 15) is 0 Å². The number of hydrogen-bond donors (Lipinski definition) is 0. The summed E-state index contributed by atoms with van der Waals surface area (Å²) >= 11 is 0. The minimum Gasteiger partial charge on any atom is -0.454 e. The number of benzene rings is 7. The van der Waals surface area contributed by atoms with Crippen molar-refractivity contribution in [2.45, 2.75) is 0 Å². The predicted octanol–water partition coefficient (Wildman–Crippen LogP) is 11.0. The van der Waals surface area contributed by atoms with Gasteiger partial charge in [0, 0.05) is 38.2 Å². The molecule has 5 heteroatoms. The van der Waals surface area contributed by atoms with E-state index in [0.717, 1.165) is 60.7 Å². The zero-order valence-corrected chi connectivity index (χ0v) is 25.7. The molecule has 0 N–H and O–H groups in total. The van der Waals surface area contributed by atoms with Gasteiger partial charge >= 0.3 is 0 Å². The summed E-state index contributed by atoms with van der Waals surface area (Å²) in [6, 6.07) is 54.4. The van der Waals surface area contributed by atoms with Gasteiger partial charge in [0.25, 0.3) is 0 Å². The Bertz CT molecular complexity index is 2800. The maximum absolute atomic E-state index is 6.65. The molecule has 3 heterocycles. The Kier molecular flexibility index (Phi) is 5.81. The first kappa shape index (κ1) is 26.6. The van der Waals surface area contributed by atoms with E-state index in [0.29, 0.717) is 17.5 Å². The van der Waals surface area contributed by atoms with Gasteiger partial charge in [0.1, 0.15) is 5.58 Å². The quantitative estimate of drug-likeness (QED) is 0.198. The van der Waals surface area contributed by atoms with E-state index in [1.807, 2.05) is 42.5 Å². The Labute approximate surface area is 275 Å². The molecule has 48 heavy (non-hydrogen) atoms. The molecule has 0 aliphatic rings. The van der Waals surface area contributed by atoms with Crippen molar-refractivity contribution in [2.24, 2.45) is 0 Å². The summed E-state index contributed by atoms with van der Waals surface area (Å²) in [6.07, 6.45) is 0. The lowest BCUT2D eigenvalue weighted by molar-refractivity contribution is 0.666. The number of para-hydroxylation sites is 3. The zero-order valence-electron chi connectivity index (χ0n) is 25.7. The van der Waals surface area contributed by atoms with Gasteiger partial charge in [-0.2, -0.15) is 0 Å². The smallest absolute Gasteiger partial charge is 0.164 e. The molecule has 3 aromatic heterocycles. The van der Waals surface area contributed by atoms with E-state index in [4.69, 9.17) is 19.4 Å². The molecule has 0 aliphatic carbocycles. The Balaban J connectivity index is 1.17. The highest BCUT2D eigenvalue weighted by atomic mass is 16.3. The van der Waals surface area contributed by atoms with Crippen LogP contribution < -0.4 is 0 Å². The first-order valence-electron chi connectivity index (χ1n) is 16.0. The standard InChI is InChI=1S/C43H26N4O/c1-2-12-28(13-3-1)41-44-42(30-22-21-27-11-4-5-14-29(27)25-30)46-43(45-41)31-23-24-39-35(26-31)34-17-10-20-38(40(34)48-39)47-36-18-8-6-15-32(36)33-16-7-9-19-37(33)47/h1-26H. The van der Waals surface area contributed by atoms with Gasteiger partial charge in [-0.3, -0.25) is 0 Å². The number of rotatable bonds is 4. The molecular weight excluding hydrogens is 589 g/mol. The van der Waals surface area contributed by atoms with Crippen molar-refractivity contribution in [1.29, 1.82) is 0 Å². The predicted molar refractivity (Wildman–Crippen MR) is 195 cm³/mol. The number of fused-ring (bicyclic) bond motifs is 7. The van der Waals surface area contributed by atoms with E-state index in [1.165, 1.54) is 16.2 Å². The maximum atomic E-state index is 6.65. The second kappa shape index (κ2) is 10.5. The summed E-state index contributed by atoms with van der Waals surface area (Å²) in [5.74, 6) is 1.88. The highest BCUT2D eigenvalue weighted by molar-refractivity contribution is 6.13. The van der Waals surface area contributed by atoms with E-state index in [2.05, 4.69) is 120 Å². The Morgan fingerprint density at radius 3 is 1.73 bits per heavy atom. The molecule has 0 amide bonds. The molecule has 10 aromatic rings. The third-order valence-electron chi connectivity index (χ3n) is 9.23. The van der Waals surface area contributed by atoms with Gasteiger partial charge in [-0.15, -0.1) is 0 Å². The third-order valence-corrected chi connectivity index (χ3v) is 9.23. The van der Waals surface area contributed by atoms with Crippen LogP contribution >= 0.6 is 0 Å². The maximum Gasteiger partial charge on any atom is 0.164 e. The van der Waals surface area contributed by atoms with Crippen LogP contribution in [0.5, 0.6) is 0 Å². The zero-order chi connectivity index (χ0) is 31.6. The van der Waals surface area contributed by atoms with Gasteiger partial charge in [0.05, 0.1) is 16.7 Å². The molecule has 7 aromatic carbocycles. The van der Waals surface area contributed by atoms with Crippen molar-refractivity contribution in [1.82, 2.24) is 19.5 Å². The lowest BCUT2D eigenvalue weighted by Gasteiger charge is -2.09. The molecule has 0 aliphatic heterocycles. The second-order valence-corrected chi connectivity index (χ2v) is 12.1. The normalized spacial score (nSPS) is 11.8. The average Bonchev–Trinajstić information content (AvgIpc) is 3.70. The van der Waals surface area contributed by atoms with Crippen LogP contribution in [0.15, 0.2) is 162 Å². The lowest BCUT2D eigenvalue weighted by Crippen LogP contribution is -2.00. The molecule has 0 unspecified atom stereocenters. The topological polar surface area (TPSA) is 56.7 Å². The molecule has 0 saturated carbocycles. The van der Waals surface area contributed by atoms with Crippen LogP contribution in [0.4, 0.5) is 0 Å². The lowest BCUT2D eigenvalue weighted by atomic mass is 10.1. The van der Waals surface area contributed by atoms with Crippen LogP contribution in [-0.4, -0.2) is 19.5 Å². The van der Waals surface area contributed by atoms with Crippen LogP contribution in [0.1, 0.15) is 0 Å². The van der Waals surface area contributed by atoms with Gasteiger partial charge in [0.15, 0.2) is 23.1 Å². The van der Waals surface area contributed by atoms with Crippen molar-refractivity contribution >= 4 is 54.5 Å². The summed E-state index contributed by atoms with van der Waals surface area (Å²) in [7, 11) is 0. The first-order valence-corrected chi connectivity index (χ1v) is 16.0. The average molecular weight is 615 g/mol. The number of hydrogen-bond acceptors (Lipinski definition) is 4. The number of furan rings is 1. The Morgan fingerprint density at radius 2 is 0.979 bits per heavy atom. The van der Waals surface area contributed by atoms with Crippen LogP contribution in [0.3, 0.4) is 0 Å². The van der Waals surface area contributed by atoms with Crippen LogP contribution in [0, 0.1) is 0 Å². The van der Waals surface area contributed by atoms with Gasteiger partial charge < -0.3 is 8.98 Å². The number of aromatic nitrogens is 4. The van der Waals surface area contributed by atoms with Gasteiger partial charge in [-0.1, -0.05) is 115 Å². The molecule has 0 atom stereocenters. The number of nitrogens with zero attached hydrogens (tertiary/aromatic N) is 4. The minimum atomic E-state index is 0.613. The van der Waals surface area contributed by atoms with Gasteiger partial charge in [-0.05, 0) is 53.2 Å². The fourth-order valence-electron chi connectivity index (χ4n) is 6.96. The monoisotopic (exact) mass is 614 g/mol. The van der Waals surface area contributed by atoms with E-state index in [-0.39, 0.29) is 0 Å². The fourth-order valence-corrected chi connectivity index (χ4v) is 6.96. The molecule has 0 spiro atoms. The van der Waals surface area contributed by atoms with Crippen LogP contribution in [0.25, 0.3) is 94.4 Å². The SMILES string of the molecule is c1ccc(-c2nc(-c3ccc4ccccc4c3)nc(-c3ccc4oc5c(-n6c7ccccc7c7ccccc76)cccc5c4c3)n2)cc1. The highest BCUT2D eigenvalue weighted by Gasteiger charge is 2.19. The highest BCUT2D eigenvalue weighted by Crippen LogP contribution is 2.39. The molecular formula is C43H26N4O. The molecule has 0 radical (unpaired) electrons. The Morgan fingerprint density at radius 1 is 0.396 bits per heavy atom. The van der Waals surface area contributed by atoms with E-state index < -0.39 is 0 Å². The summed E-state index contributed by atoms with van der Waals surface area (Å²) < 4.78 is 8.96. The third kappa shape index (κ3) is 4.15. The molecule has 0 saturated heterocycles. The summed E-state index contributed by atoms with van der Waals surface area (Å²) in [6.45, 7) is 0. The molecule has 5 nitrogen and oxygen atoms in total. The van der Waals surface area contributed by atoms with Crippen LogP contribution in [-0.2, 0) is 0 Å². The van der Waals surface area contributed by atoms with Crippen molar-refractivity contribution in [3.63, 3.8) is 0 Å². The van der Waals surface area contributed by atoms with Crippen molar-refractivity contribution in [3.8, 4) is 39.9 Å². The summed E-state index contributed by atoms with van der Waals surface area (Å²) in [5.41, 5.74) is 7.73. The van der Waals surface area contributed by atoms with E-state index in [1.54, 1.807) is 0 Å². The molecule has 0 fully saturated rings. The molecule has 10 rings (SSSR count). The Hall–Kier alpha value is -6.59. The molecule has 224 valence electrons. The molecule has 0 bridgehead atoms. The van der Waals surface area contributed by atoms with Crippen molar-refractivity contribution in [2.75, 3.05) is 0 Å². The van der Waals surface area contributed by atoms with E-state index >= 15 is 0 Å². The van der Waals surface area contributed by atoms with Crippen molar-refractivity contribution in [3.05, 3.63) is 158 Å². The fraction of sp³-hybridized carbons (Fsp3) is 0. The van der Waals surface area contributed by atoms with Gasteiger partial charge in [-0.25, -0.2) is 15.0 Å². The second-order valence-electron chi connectivity index (χ2n) is 12.1. The van der Waals surface area contributed by atoms with Crippen LogP contribution in [0.2, 0.25) is 0 Å².